The molecule has 1 unspecified atom stereocenters. The van der Waals surface area contributed by atoms with Crippen molar-refractivity contribution < 1.29 is 5.11 Å². The summed E-state index contributed by atoms with van der Waals surface area (Å²) in [7, 11) is 0. The molecule has 0 saturated carbocycles. The molecule has 3 nitrogen and oxygen atoms in total. The lowest BCUT2D eigenvalue weighted by atomic mass is 9.98. The molecular weight excluding hydrogens is 164 g/mol. The molecule has 1 aliphatic rings. The molecule has 1 aliphatic carbocycles. The average molecular weight is 180 g/mol. The first-order valence-corrected chi connectivity index (χ1v) is 4.55. The van der Waals surface area contributed by atoms with Crippen molar-refractivity contribution in [2.24, 2.45) is 5.73 Å². The van der Waals surface area contributed by atoms with Gasteiger partial charge in [-0.05, 0) is 31.3 Å². The van der Waals surface area contributed by atoms with Crippen molar-refractivity contribution in [1.82, 2.24) is 0 Å². The molecule has 0 amide bonds. The van der Waals surface area contributed by atoms with Crippen molar-refractivity contribution in [3.8, 4) is 0 Å². The Bertz CT molecular complexity index is 241. The van der Waals surface area contributed by atoms with Crippen molar-refractivity contribution in [1.29, 1.82) is 5.41 Å². The summed E-state index contributed by atoms with van der Waals surface area (Å²) in [4.78, 5) is 0. The van der Waals surface area contributed by atoms with Crippen LogP contribution in [0.2, 0.25) is 0 Å². The zero-order valence-electron chi connectivity index (χ0n) is 7.66. The van der Waals surface area contributed by atoms with Gasteiger partial charge in [0.25, 0.3) is 0 Å². The van der Waals surface area contributed by atoms with E-state index in [2.05, 4.69) is 18.2 Å². The lowest BCUT2D eigenvalue weighted by Crippen LogP contribution is -2.20. The molecule has 3 heteroatoms. The third-order valence-electron chi connectivity index (χ3n) is 2.08. The van der Waals surface area contributed by atoms with Gasteiger partial charge in [-0.1, -0.05) is 18.2 Å². The zero-order chi connectivity index (χ0) is 9.68. The summed E-state index contributed by atoms with van der Waals surface area (Å²) >= 11 is 0. The number of hydrogen-bond donors (Lipinski definition) is 3. The van der Waals surface area contributed by atoms with Gasteiger partial charge in [-0.25, -0.2) is 0 Å². The first-order valence-electron chi connectivity index (χ1n) is 4.55. The van der Waals surface area contributed by atoms with E-state index in [9.17, 15) is 0 Å². The van der Waals surface area contributed by atoms with Gasteiger partial charge in [0.1, 0.15) is 6.23 Å². The molecule has 0 heterocycles. The Morgan fingerprint density at radius 1 is 1.62 bits per heavy atom. The number of allylic oxidation sites excluding steroid dienone is 4. The fourth-order valence-electron chi connectivity index (χ4n) is 1.30. The van der Waals surface area contributed by atoms with Crippen LogP contribution < -0.4 is 5.73 Å². The van der Waals surface area contributed by atoms with Crippen molar-refractivity contribution >= 4 is 5.71 Å². The van der Waals surface area contributed by atoms with Gasteiger partial charge < -0.3 is 16.2 Å². The predicted molar refractivity (Wildman–Crippen MR) is 53.6 cm³/mol. The second-order valence-corrected chi connectivity index (χ2v) is 3.23. The topological polar surface area (TPSA) is 70.1 Å². The summed E-state index contributed by atoms with van der Waals surface area (Å²) < 4.78 is 0. The Labute approximate surface area is 78.5 Å². The Hall–Kier alpha value is -0.930. The van der Waals surface area contributed by atoms with Crippen molar-refractivity contribution in [3.63, 3.8) is 0 Å². The van der Waals surface area contributed by atoms with E-state index < -0.39 is 6.23 Å². The van der Waals surface area contributed by atoms with Gasteiger partial charge in [0, 0.05) is 5.71 Å². The van der Waals surface area contributed by atoms with Crippen LogP contribution >= 0.6 is 0 Å². The van der Waals surface area contributed by atoms with Crippen molar-refractivity contribution in [3.05, 3.63) is 23.8 Å². The minimum absolute atomic E-state index is 0.472. The maximum Gasteiger partial charge on any atom is 0.102 e. The van der Waals surface area contributed by atoms with Gasteiger partial charge >= 0.3 is 0 Å². The molecule has 72 valence electrons. The summed E-state index contributed by atoms with van der Waals surface area (Å²) in [6.07, 6.45) is 8.24. The van der Waals surface area contributed by atoms with Gasteiger partial charge in [-0.3, -0.25) is 0 Å². The largest absolute Gasteiger partial charge is 0.379 e. The predicted octanol–water partition coefficient (Wildman–Crippen LogP) is 1.34. The van der Waals surface area contributed by atoms with Crippen molar-refractivity contribution in [2.45, 2.75) is 31.9 Å². The molecule has 0 fully saturated rings. The Morgan fingerprint density at radius 2 is 2.38 bits per heavy atom. The standard InChI is InChI=1S/C10H16N2O/c11-9(6-7-10(12)13)8-4-2-1-3-5-8/h1-2,5,10-11,13H,3-4,6-7,12H2. The fraction of sp³-hybridized carbons (Fsp3) is 0.500. The minimum Gasteiger partial charge on any atom is -0.379 e. The Kier molecular flexibility index (Phi) is 3.86. The van der Waals surface area contributed by atoms with Crippen LogP contribution in [0.15, 0.2) is 23.8 Å². The van der Waals surface area contributed by atoms with Crippen LogP contribution in [0, 0.1) is 5.41 Å². The van der Waals surface area contributed by atoms with Crippen LogP contribution in [0.5, 0.6) is 0 Å². The quantitative estimate of drug-likeness (QED) is 0.347. The number of nitrogens with two attached hydrogens (primary N) is 1. The number of aliphatic hydroxyl groups excluding tert-OH is 1. The van der Waals surface area contributed by atoms with Gasteiger partial charge in [-0.2, -0.15) is 0 Å². The third kappa shape index (κ3) is 3.53. The molecule has 0 aromatic rings. The van der Waals surface area contributed by atoms with E-state index in [-0.39, 0.29) is 0 Å². The lowest BCUT2D eigenvalue weighted by molar-refractivity contribution is 0.174. The van der Waals surface area contributed by atoms with Gasteiger partial charge in [0.05, 0.1) is 0 Å². The number of nitrogens with one attached hydrogen (secondary N) is 1. The van der Waals surface area contributed by atoms with E-state index in [0.29, 0.717) is 18.6 Å². The van der Waals surface area contributed by atoms with Crippen LogP contribution in [0.1, 0.15) is 25.7 Å². The van der Waals surface area contributed by atoms with E-state index in [1.807, 2.05) is 0 Å². The highest BCUT2D eigenvalue weighted by Crippen LogP contribution is 2.14. The average Bonchev–Trinajstić information content (AvgIpc) is 2.15. The number of aliphatic hydroxyl groups is 1. The van der Waals surface area contributed by atoms with Crippen LogP contribution in [-0.4, -0.2) is 17.0 Å². The highest BCUT2D eigenvalue weighted by molar-refractivity contribution is 5.98. The summed E-state index contributed by atoms with van der Waals surface area (Å²) in [5.41, 5.74) is 6.87. The molecule has 0 aliphatic heterocycles. The first-order chi connectivity index (χ1) is 6.20. The monoisotopic (exact) mass is 180 g/mol. The normalized spacial score (nSPS) is 18.2. The molecule has 1 rings (SSSR count). The molecule has 0 bridgehead atoms. The second kappa shape index (κ2) is 4.94. The number of hydrogen-bond acceptors (Lipinski definition) is 3. The summed E-state index contributed by atoms with van der Waals surface area (Å²) in [6, 6.07) is 0. The van der Waals surface area contributed by atoms with E-state index in [0.717, 1.165) is 18.4 Å². The molecular formula is C10H16N2O. The first kappa shape index (κ1) is 10.2. The Balaban J connectivity index is 2.35. The van der Waals surface area contributed by atoms with E-state index >= 15 is 0 Å². The Morgan fingerprint density at radius 3 is 2.92 bits per heavy atom. The number of rotatable bonds is 4. The van der Waals surface area contributed by atoms with E-state index in [1.54, 1.807) is 0 Å². The maximum absolute atomic E-state index is 8.85. The van der Waals surface area contributed by atoms with Crippen molar-refractivity contribution in [2.75, 3.05) is 0 Å². The van der Waals surface area contributed by atoms with E-state index in [1.165, 1.54) is 0 Å². The molecule has 0 aromatic heterocycles. The highest BCUT2D eigenvalue weighted by atomic mass is 16.3. The van der Waals surface area contributed by atoms with Gasteiger partial charge in [-0.15, -0.1) is 0 Å². The fourth-order valence-corrected chi connectivity index (χ4v) is 1.30. The summed E-state index contributed by atoms with van der Waals surface area (Å²) in [6.45, 7) is 0. The summed E-state index contributed by atoms with van der Waals surface area (Å²) in [5, 5.41) is 16.6. The SMILES string of the molecule is N=C(CCC(N)O)C1=CCC=CC1. The van der Waals surface area contributed by atoms with Crippen LogP contribution in [0.25, 0.3) is 0 Å². The molecule has 0 radical (unpaired) electrons. The van der Waals surface area contributed by atoms with Crippen LogP contribution in [-0.2, 0) is 0 Å². The van der Waals surface area contributed by atoms with Crippen LogP contribution in [0.3, 0.4) is 0 Å². The van der Waals surface area contributed by atoms with Gasteiger partial charge in [0.15, 0.2) is 0 Å². The molecule has 0 spiro atoms. The smallest absolute Gasteiger partial charge is 0.102 e. The summed E-state index contributed by atoms with van der Waals surface area (Å²) in [5.74, 6) is 0. The molecule has 4 N–H and O–H groups in total. The maximum atomic E-state index is 8.85. The molecule has 0 aromatic carbocycles. The zero-order valence-corrected chi connectivity index (χ0v) is 7.66. The third-order valence-corrected chi connectivity index (χ3v) is 2.08. The van der Waals surface area contributed by atoms with E-state index in [4.69, 9.17) is 16.2 Å². The van der Waals surface area contributed by atoms with Gasteiger partial charge in [0.2, 0.25) is 0 Å². The lowest BCUT2D eigenvalue weighted by Gasteiger charge is -2.10. The highest BCUT2D eigenvalue weighted by Gasteiger charge is 2.06. The molecule has 0 saturated heterocycles. The molecule has 13 heavy (non-hydrogen) atoms. The second-order valence-electron chi connectivity index (χ2n) is 3.23. The molecule has 1 atom stereocenters. The minimum atomic E-state index is -0.792. The van der Waals surface area contributed by atoms with Crippen LogP contribution in [0.4, 0.5) is 0 Å².